The second-order valence-electron chi connectivity index (χ2n) is 3.42. The zero-order valence-electron chi connectivity index (χ0n) is 7.55. The van der Waals surface area contributed by atoms with Crippen LogP contribution in [0, 0.1) is 5.92 Å². The third kappa shape index (κ3) is 2.57. The van der Waals surface area contributed by atoms with Crippen LogP contribution in [-0.4, -0.2) is 30.1 Å². The van der Waals surface area contributed by atoms with E-state index in [0.29, 0.717) is 18.6 Å². The van der Waals surface area contributed by atoms with Crippen LogP contribution in [0.3, 0.4) is 0 Å². The van der Waals surface area contributed by atoms with E-state index in [-0.39, 0.29) is 12.0 Å². The molecule has 1 fully saturated rings. The molecule has 1 saturated heterocycles. The molecular formula is C9H17NO2. The molecule has 0 aromatic rings. The SMILES string of the molecule is CCC(O)CC1CNCCC1=O. The Kier molecular flexibility index (Phi) is 3.69. The van der Waals surface area contributed by atoms with Gasteiger partial charge in [-0.2, -0.15) is 0 Å². The summed E-state index contributed by atoms with van der Waals surface area (Å²) in [5.74, 6) is 0.356. The molecule has 1 aliphatic rings. The minimum Gasteiger partial charge on any atom is -0.393 e. The Morgan fingerprint density at radius 3 is 3.08 bits per heavy atom. The number of carbonyl (C=O) groups excluding carboxylic acids is 1. The van der Waals surface area contributed by atoms with Gasteiger partial charge in [-0.15, -0.1) is 0 Å². The quantitative estimate of drug-likeness (QED) is 0.643. The lowest BCUT2D eigenvalue weighted by molar-refractivity contribution is -0.124. The molecule has 0 amide bonds. The summed E-state index contributed by atoms with van der Waals surface area (Å²) < 4.78 is 0. The third-order valence-electron chi connectivity index (χ3n) is 2.42. The van der Waals surface area contributed by atoms with Crippen LogP contribution in [0.4, 0.5) is 0 Å². The molecule has 1 rings (SSSR count). The Labute approximate surface area is 73.2 Å². The zero-order chi connectivity index (χ0) is 8.97. The number of nitrogens with one attached hydrogen (secondary N) is 1. The van der Waals surface area contributed by atoms with Gasteiger partial charge in [-0.05, 0) is 12.8 Å². The van der Waals surface area contributed by atoms with Crippen LogP contribution >= 0.6 is 0 Å². The molecule has 0 bridgehead atoms. The second-order valence-corrected chi connectivity index (χ2v) is 3.42. The molecule has 0 aliphatic carbocycles. The number of aliphatic hydroxyl groups excluding tert-OH is 1. The highest BCUT2D eigenvalue weighted by molar-refractivity contribution is 5.82. The highest BCUT2D eigenvalue weighted by Crippen LogP contribution is 2.13. The molecule has 0 aromatic carbocycles. The summed E-state index contributed by atoms with van der Waals surface area (Å²) >= 11 is 0. The van der Waals surface area contributed by atoms with Gasteiger partial charge in [-0.1, -0.05) is 6.92 Å². The standard InChI is InChI=1S/C9H17NO2/c1-2-8(11)5-7-6-10-4-3-9(7)12/h7-8,10-11H,2-6H2,1H3. The molecule has 2 unspecified atom stereocenters. The van der Waals surface area contributed by atoms with Crippen molar-refractivity contribution in [3.05, 3.63) is 0 Å². The molecule has 3 nitrogen and oxygen atoms in total. The van der Waals surface area contributed by atoms with Crippen molar-refractivity contribution in [3.63, 3.8) is 0 Å². The maximum absolute atomic E-state index is 11.3. The number of piperidine rings is 1. The summed E-state index contributed by atoms with van der Waals surface area (Å²) in [6.07, 6.45) is 1.69. The van der Waals surface area contributed by atoms with Crippen molar-refractivity contribution in [3.8, 4) is 0 Å². The van der Waals surface area contributed by atoms with Crippen LogP contribution in [-0.2, 0) is 4.79 Å². The third-order valence-corrected chi connectivity index (χ3v) is 2.42. The Morgan fingerprint density at radius 2 is 2.50 bits per heavy atom. The van der Waals surface area contributed by atoms with Crippen molar-refractivity contribution in [2.75, 3.05) is 13.1 Å². The molecule has 2 atom stereocenters. The van der Waals surface area contributed by atoms with E-state index in [1.54, 1.807) is 0 Å². The normalized spacial score (nSPS) is 27.2. The van der Waals surface area contributed by atoms with Gasteiger partial charge < -0.3 is 10.4 Å². The molecule has 2 N–H and O–H groups in total. The van der Waals surface area contributed by atoms with Gasteiger partial charge in [0.05, 0.1) is 6.10 Å². The number of carbonyl (C=O) groups is 1. The number of ketones is 1. The first-order chi connectivity index (χ1) is 5.74. The molecule has 0 aromatic heterocycles. The first-order valence-electron chi connectivity index (χ1n) is 4.65. The highest BCUT2D eigenvalue weighted by atomic mass is 16.3. The van der Waals surface area contributed by atoms with Gasteiger partial charge in [0.2, 0.25) is 0 Å². The largest absolute Gasteiger partial charge is 0.393 e. The molecule has 1 aliphatic heterocycles. The van der Waals surface area contributed by atoms with Gasteiger partial charge in [0, 0.05) is 25.4 Å². The van der Waals surface area contributed by atoms with Crippen molar-refractivity contribution in [2.45, 2.75) is 32.3 Å². The van der Waals surface area contributed by atoms with Gasteiger partial charge in [0.15, 0.2) is 0 Å². The van der Waals surface area contributed by atoms with Crippen LogP contribution in [0.15, 0.2) is 0 Å². The lowest BCUT2D eigenvalue weighted by Gasteiger charge is -2.23. The number of hydrogen-bond acceptors (Lipinski definition) is 3. The minimum absolute atomic E-state index is 0.0497. The average Bonchev–Trinajstić information content (AvgIpc) is 2.09. The van der Waals surface area contributed by atoms with E-state index in [0.717, 1.165) is 19.5 Å². The number of hydrogen-bond donors (Lipinski definition) is 2. The van der Waals surface area contributed by atoms with E-state index in [4.69, 9.17) is 0 Å². The fraction of sp³-hybridized carbons (Fsp3) is 0.889. The Morgan fingerprint density at radius 1 is 1.75 bits per heavy atom. The van der Waals surface area contributed by atoms with Crippen molar-refractivity contribution >= 4 is 5.78 Å². The molecule has 12 heavy (non-hydrogen) atoms. The van der Waals surface area contributed by atoms with E-state index in [2.05, 4.69) is 5.32 Å². The summed E-state index contributed by atoms with van der Waals surface area (Å²) in [5.41, 5.74) is 0. The monoisotopic (exact) mass is 171 g/mol. The predicted molar refractivity (Wildman–Crippen MR) is 46.9 cm³/mol. The van der Waals surface area contributed by atoms with Crippen molar-refractivity contribution < 1.29 is 9.90 Å². The van der Waals surface area contributed by atoms with E-state index >= 15 is 0 Å². The van der Waals surface area contributed by atoms with Crippen LogP contribution in [0.1, 0.15) is 26.2 Å². The number of aliphatic hydroxyl groups is 1. The van der Waals surface area contributed by atoms with E-state index < -0.39 is 0 Å². The number of Topliss-reactive ketones (excluding diaryl/α,β-unsaturated/α-hetero) is 1. The van der Waals surface area contributed by atoms with Gasteiger partial charge in [0.1, 0.15) is 5.78 Å². The highest BCUT2D eigenvalue weighted by Gasteiger charge is 2.23. The van der Waals surface area contributed by atoms with Crippen LogP contribution < -0.4 is 5.32 Å². The Hall–Kier alpha value is -0.410. The summed E-state index contributed by atoms with van der Waals surface area (Å²) in [6.45, 7) is 3.48. The molecule has 0 spiro atoms. The fourth-order valence-electron chi connectivity index (χ4n) is 1.52. The Balaban J connectivity index is 2.34. The van der Waals surface area contributed by atoms with Crippen molar-refractivity contribution in [1.82, 2.24) is 5.32 Å². The summed E-state index contributed by atoms with van der Waals surface area (Å²) in [6, 6.07) is 0. The molecule has 70 valence electrons. The smallest absolute Gasteiger partial charge is 0.138 e. The second kappa shape index (κ2) is 4.58. The van der Waals surface area contributed by atoms with Crippen molar-refractivity contribution in [1.29, 1.82) is 0 Å². The van der Waals surface area contributed by atoms with Crippen LogP contribution in [0.25, 0.3) is 0 Å². The van der Waals surface area contributed by atoms with Gasteiger partial charge in [-0.25, -0.2) is 0 Å². The van der Waals surface area contributed by atoms with Crippen LogP contribution in [0.5, 0.6) is 0 Å². The van der Waals surface area contributed by atoms with Gasteiger partial charge in [0.25, 0.3) is 0 Å². The molecule has 1 heterocycles. The predicted octanol–water partition coefficient (Wildman–Crippen LogP) is 0.326. The summed E-state index contributed by atoms with van der Waals surface area (Å²) in [7, 11) is 0. The minimum atomic E-state index is -0.307. The maximum Gasteiger partial charge on any atom is 0.138 e. The first-order valence-corrected chi connectivity index (χ1v) is 4.65. The zero-order valence-corrected chi connectivity index (χ0v) is 7.55. The lowest BCUT2D eigenvalue weighted by Crippen LogP contribution is -2.38. The average molecular weight is 171 g/mol. The maximum atomic E-state index is 11.3. The topological polar surface area (TPSA) is 49.3 Å². The first kappa shape index (κ1) is 9.68. The summed E-state index contributed by atoms with van der Waals surface area (Å²) in [4.78, 5) is 11.3. The molecule has 3 heteroatoms. The molecule has 0 saturated carbocycles. The lowest BCUT2D eigenvalue weighted by atomic mass is 9.91. The summed E-state index contributed by atoms with van der Waals surface area (Å²) in [5, 5.41) is 12.5. The van der Waals surface area contributed by atoms with Crippen molar-refractivity contribution in [2.24, 2.45) is 5.92 Å². The Bertz CT molecular complexity index is 159. The number of rotatable bonds is 3. The van der Waals surface area contributed by atoms with Crippen LogP contribution in [0.2, 0.25) is 0 Å². The fourth-order valence-corrected chi connectivity index (χ4v) is 1.52. The van der Waals surface area contributed by atoms with Gasteiger partial charge >= 0.3 is 0 Å². The van der Waals surface area contributed by atoms with E-state index in [9.17, 15) is 9.90 Å². The van der Waals surface area contributed by atoms with E-state index in [1.165, 1.54) is 0 Å². The van der Waals surface area contributed by atoms with Gasteiger partial charge in [-0.3, -0.25) is 4.79 Å². The van der Waals surface area contributed by atoms with E-state index in [1.807, 2.05) is 6.92 Å². The molecular weight excluding hydrogens is 154 g/mol. The molecule has 0 radical (unpaired) electrons.